The highest BCUT2D eigenvalue weighted by molar-refractivity contribution is 14.0. The quantitative estimate of drug-likeness (QED) is 0.188. The summed E-state index contributed by atoms with van der Waals surface area (Å²) < 4.78 is 5.40. The summed E-state index contributed by atoms with van der Waals surface area (Å²) in [4.78, 5) is 9.92. The zero-order valence-corrected chi connectivity index (χ0v) is 21.5. The Labute approximate surface area is 200 Å². The van der Waals surface area contributed by atoms with Crippen LogP contribution in [0.5, 0.6) is 0 Å². The number of aliphatic imine (C=N–C) groups is 1. The summed E-state index contributed by atoms with van der Waals surface area (Å²) in [6.07, 6.45) is 2.17. The first-order chi connectivity index (χ1) is 14.3. The Hall–Kier alpha value is -0.900. The molecule has 0 radical (unpaired) electrons. The molecule has 172 valence electrons. The number of rotatable bonds is 12. The van der Waals surface area contributed by atoms with Gasteiger partial charge in [-0.15, -0.1) is 24.0 Å². The van der Waals surface area contributed by atoms with Crippen LogP contribution in [-0.2, 0) is 17.8 Å². The van der Waals surface area contributed by atoms with Gasteiger partial charge in [-0.2, -0.15) is 0 Å². The fraction of sp³-hybridized carbons (Fsp3) is 0.696. The highest BCUT2D eigenvalue weighted by Gasteiger charge is 2.16. The molecule has 1 heterocycles. The lowest BCUT2D eigenvalue weighted by atomic mass is 10.1. The molecule has 1 saturated heterocycles. The van der Waals surface area contributed by atoms with Crippen LogP contribution in [0.25, 0.3) is 0 Å². The normalized spacial score (nSPS) is 15.6. The maximum Gasteiger partial charge on any atom is 0.191 e. The monoisotopic (exact) mass is 531 g/mol. The predicted molar refractivity (Wildman–Crippen MR) is 138 cm³/mol. The van der Waals surface area contributed by atoms with Crippen LogP contribution >= 0.6 is 24.0 Å². The zero-order valence-electron chi connectivity index (χ0n) is 19.2. The molecule has 0 unspecified atom stereocenters. The Morgan fingerprint density at radius 2 is 1.67 bits per heavy atom. The summed E-state index contributed by atoms with van der Waals surface area (Å²) in [7, 11) is 0. The van der Waals surface area contributed by atoms with E-state index in [2.05, 4.69) is 58.5 Å². The second kappa shape index (κ2) is 16.8. The Kier molecular flexibility index (Phi) is 15.2. The van der Waals surface area contributed by atoms with Crippen LogP contribution < -0.4 is 10.6 Å². The predicted octanol–water partition coefficient (Wildman–Crippen LogP) is 3.31. The fourth-order valence-electron chi connectivity index (χ4n) is 3.56. The molecular weight excluding hydrogens is 489 g/mol. The van der Waals surface area contributed by atoms with E-state index in [1.54, 1.807) is 0 Å². The molecule has 1 aromatic rings. The van der Waals surface area contributed by atoms with Gasteiger partial charge in [0.2, 0.25) is 0 Å². The van der Waals surface area contributed by atoms with Crippen molar-refractivity contribution >= 4 is 29.9 Å². The van der Waals surface area contributed by atoms with Crippen molar-refractivity contribution in [3.8, 4) is 0 Å². The molecule has 30 heavy (non-hydrogen) atoms. The van der Waals surface area contributed by atoms with Crippen molar-refractivity contribution in [2.75, 3.05) is 59.0 Å². The molecule has 0 aliphatic carbocycles. The number of ether oxygens (including phenoxy) is 1. The van der Waals surface area contributed by atoms with Crippen LogP contribution in [0.2, 0.25) is 0 Å². The first kappa shape index (κ1) is 27.1. The molecule has 7 heteroatoms. The molecule has 0 saturated carbocycles. The molecule has 1 aromatic carbocycles. The summed E-state index contributed by atoms with van der Waals surface area (Å²) in [6.45, 7) is 17.4. The van der Waals surface area contributed by atoms with Gasteiger partial charge >= 0.3 is 0 Å². The number of halogens is 1. The van der Waals surface area contributed by atoms with E-state index in [1.165, 1.54) is 24.2 Å². The Morgan fingerprint density at radius 1 is 0.967 bits per heavy atom. The molecule has 1 aliphatic heterocycles. The average molecular weight is 532 g/mol. The number of hydrogen-bond donors (Lipinski definition) is 2. The third kappa shape index (κ3) is 10.4. The highest BCUT2D eigenvalue weighted by atomic mass is 127. The topological polar surface area (TPSA) is 52.1 Å². The first-order valence-electron chi connectivity index (χ1n) is 11.4. The average Bonchev–Trinajstić information content (AvgIpc) is 2.76. The molecule has 1 fully saturated rings. The van der Waals surface area contributed by atoms with E-state index in [4.69, 9.17) is 9.73 Å². The maximum absolute atomic E-state index is 5.40. The van der Waals surface area contributed by atoms with Crippen molar-refractivity contribution in [1.82, 2.24) is 20.4 Å². The molecule has 0 spiro atoms. The van der Waals surface area contributed by atoms with Gasteiger partial charge in [0.05, 0.1) is 6.54 Å². The Bertz CT molecular complexity index is 591. The molecule has 0 atom stereocenters. The van der Waals surface area contributed by atoms with Gasteiger partial charge in [-0.1, -0.05) is 31.2 Å². The Balaban J connectivity index is 0.00000450. The second-order valence-corrected chi connectivity index (χ2v) is 7.51. The smallest absolute Gasteiger partial charge is 0.191 e. The molecule has 1 aliphatic rings. The third-order valence-corrected chi connectivity index (χ3v) is 5.39. The van der Waals surface area contributed by atoms with E-state index in [0.717, 1.165) is 71.3 Å². The standard InChI is InChI=1S/C23H41N5O.HI/c1-4-24-23(25-13-9-10-18-29-6-3)26-19-21-11-7-8-12-22(21)20-28-16-14-27(5-2)15-17-28;/h7-8,11-12H,4-6,9-10,13-20H2,1-3H3,(H2,24,25,26);1H. The van der Waals surface area contributed by atoms with Crippen LogP contribution in [0.4, 0.5) is 0 Å². The van der Waals surface area contributed by atoms with Crippen LogP contribution in [0, 0.1) is 0 Å². The van der Waals surface area contributed by atoms with E-state index in [1.807, 2.05) is 6.92 Å². The number of benzene rings is 1. The van der Waals surface area contributed by atoms with Gasteiger partial charge in [-0.05, 0) is 44.4 Å². The van der Waals surface area contributed by atoms with Crippen molar-refractivity contribution in [3.05, 3.63) is 35.4 Å². The molecule has 0 amide bonds. The van der Waals surface area contributed by atoms with Crippen LogP contribution in [-0.4, -0.2) is 74.8 Å². The second-order valence-electron chi connectivity index (χ2n) is 7.51. The molecule has 2 N–H and O–H groups in total. The minimum absolute atomic E-state index is 0. The summed E-state index contributed by atoms with van der Waals surface area (Å²) in [5, 5.41) is 6.81. The van der Waals surface area contributed by atoms with Crippen molar-refractivity contribution in [3.63, 3.8) is 0 Å². The summed E-state index contributed by atoms with van der Waals surface area (Å²) in [5.41, 5.74) is 2.72. The van der Waals surface area contributed by atoms with Crippen molar-refractivity contribution < 1.29 is 4.74 Å². The van der Waals surface area contributed by atoms with Crippen LogP contribution in [0.1, 0.15) is 44.7 Å². The molecular formula is C23H42IN5O. The van der Waals surface area contributed by atoms with E-state index >= 15 is 0 Å². The van der Waals surface area contributed by atoms with E-state index < -0.39 is 0 Å². The number of nitrogens with zero attached hydrogens (tertiary/aromatic N) is 3. The number of hydrogen-bond acceptors (Lipinski definition) is 4. The van der Waals surface area contributed by atoms with Crippen molar-refractivity contribution in [1.29, 1.82) is 0 Å². The van der Waals surface area contributed by atoms with Crippen LogP contribution in [0.15, 0.2) is 29.3 Å². The summed E-state index contributed by atoms with van der Waals surface area (Å²) in [5.74, 6) is 0.898. The summed E-state index contributed by atoms with van der Waals surface area (Å²) in [6, 6.07) is 8.74. The van der Waals surface area contributed by atoms with Gasteiger partial charge in [-0.25, -0.2) is 4.99 Å². The fourth-order valence-corrected chi connectivity index (χ4v) is 3.56. The van der Waals surface area contributed by atoms with Gasteiger partial charge < -0.3 is 20.3 Å². The lowest BCUT2D eigenvalue weighted by molar-refractivity contribution is 0.131. The van der Waals surface area contributed by atoms with E-state index in [-0.39, 0.29) is 24.0 Å². The zero-order chi connectivity index (χ0) is 20.7. The SMILES string of the molecule is CCNC(=NCc1ccccc1CN1CCN(CC)CC1)NCCCCOCC.I. The van der Waals surface area contributed by atoms with Crippen molar-refractivity contribution in [2.24, 2.45) is 4.99 Å². The van der Waals surface area contributed by atoms with Gasteiger partial charge in [0.1, 0.15) is 0 Å². The van der Waals surface area contributed by atoms with Gasteiger partial charge in [0.25, 0.3) is 0 Å². The first-order valence-corrected chi connectivity index (χ1v) is 11.4. The number of likely N-dealkylation sites (N-methyl/N-ethyl adjacent to an activating group) is 1. The molecule has 0 aromatic heterocycles. The molecule has 6 nitrogen and oxygen atoms in total. The highest BCUT2D eigenvalue weighted by Crippen LogP contribution is 2.14. The van der Waals surface area contributed by atoms with Gasteiger partial charge in [0.15, 0.2) is 5.96 Å². The van der Waals surface area contributed by atoms with Crippen LogP contribution in [0.3, 0.4) is 0 Å². The van der Waals surface area contributed by atoms with Crippen molar-refractivity contribution in [2.45, 2.75) is 46.7 Å². The number of piperazine rings is 1. The molecule has 0 bridgehead atoms. The summed E-state index contributed by atoms with van der Waals surface area (Å²) >= 11 is 0. The molecule has 2 rings (SSSR count). The van der Waals surface area contributed by atoms with Gasteiger partial charge in [0, 0.05) is 59.0 Å². The minimum Gasteiger partial charge on any atom is -0.382 e. The lowest BCUT2D eigenvalue weighted by Gasteiger charge is -2.34. The maximum atomic E-state index is 5.40. The largest absolute Gasteiger partial charge is 0.382 e. The third-order valence-electron chi connectivity index (χ3n) is 5.39. The van der Waals surface area contributed by atoms with E-state index in [0.29, 0.717) is 6.54 Å². The number of nitrogens with one attached hydrogen (secondary N) is 2. The number of unbranched alkanes of at least 4 members (excludes halogenated alkanes) is 1. The number of guanidine groups is 1. The van der Waals surface area contributed by atoms with E-state index in [9.17, 15) is 0 Å². The lowest BCUT2D eigenvalue weighted by Crippen LogP contribution is -2.45. The minimum atomic E-state index is 0. The van der Waals surface area contributed by atoms with Gasteiger partial charge in [-0.3, -0.25) is 4.90 Å². The Morgan fingerprint density at radius 3 is 2.33 bits per heavy atom.